The molecule has 1 fully saturated rings. The van der Waals surface area contributed by atoms with Gasteiger partial charge in [-0.15, -0.1) is 0 Å². The van der Waals surface area contributed by atoms with E-state index in [1.807, 2.05) is 0 Å². The second-order valence-corrected chi connectivity index (χ2v) is 6.18. The molecule has 1 aliphatic rings. The number of hydrogen-bond acceptors (Lipinski definition) is 4. The number of halogens is 2. The Balaban J connectivity index is 1.67. The molecule has 1 aliphatic carbocycles. The second kappa shape index (κ2) is 8.00. The lowest BCUT2D eigenvalue weighted by atomic mass is 10.1. The molecule has 1 saturated carbocycles. The van der Waals surface area contributed by atoms with Gasteiger partial charge in [-0.1, -0.05) is 25.7 Å². The summed E-state index contributed by atoms with van der Waals surface area (Å²) in [7, 11) is 0. The molecule has 25 heavy (non-hydrogen) atoms. The molecule has 0 atom stereocenters. The van der Waals surface area contributed by atoms with Crippen LogP contribution in [0.2, 0.25) is 0 Å². The molecule has 0 unspecified atom stereocenters. The largest absolute Gasteiger partial charge is 0.348 e. The van der Waals surface area contributed by atoms with E-state index in [0.29, 0.717) is 5.69 Å². The summed E-state index contributed by atoms with van der Waals surface area (Å²) in [6.45, 7) is 0. The van der Waals surface area contributed by atoms with Gasteiger partial charge in [0.05, 0.1) is 0 Å². The van der Waals surface area contributed by atoms with Crippen LogP contribution in [0.1, 0.15) is 49.0 Å². The molecule has 1 aromatic carbocycles. The van der Waals surface area contributed by atoms with Gasteiger partial charge in [-0.2, -0.15) is 0 Å². The van der Waals surface area contributed by atoms with Crippen LogP contribution in [0, 0.1) is 11.6 Å². The van der Waals surface area contributed by atoms with E-state index < -0.39 is 11.6 Å². The standard InChI is InChI=1S/C18H20F2N4O/c19-14-8-7-13(11-15(14)20)23-18-21-10-9-16(24-18)17(25)22-12-5-3-1-2-4-6-12/h7-12H,1-6H2,(H,22,25)(H,21,23,24). The van der Waals surface area contributed by atoms with Gasteiger partial charge in [0, 0.05) is 24.0 Å². The maximum Gasteiger partial charge on any atom is 0.270 e. The molecule has 1 amide bonds. The van der Waals surface area contributed by atoms with Gasteiger partial charge in [0.1, 0.15) is 5.69 Å². The molecule has 1 heterocycles. The van der Waals surface area contributed by atoms with Crippen LogP contribution in [0.4, 0.5) is 20.4 Å². The molecule has 132 valence electrons. The molecule has 0 spiro atoms. The van der Waals surface area contributed by atoms with Crippen molar-refractivity contribution in [2.75, 3.05) is 5.32 Å². The topological polar surface area (TPSA) is 66.9 Å². The maximum absolute atomic E-state index is 13.3. The van der Waals surface area contributed by atoms with Crippen molar-refractivity contribution in [2.45, 2.75) is 44.6 Å². The molecule has 0 saturated heterocycles. The molecule has 2 N–H and O–H groups in total. The van der Waals surface area contributed by atoms with Crippen molar-refractivity contribution in [1.29, 1.82) is 0 Å². The molecule has 0 bridgehead atoms. The summed E-state index contributed by atoms with van der Waals surface area (Å²) in [5.74, 6) is -1.99. The Bertz CT molecular complexity index is 746. The number of carbonyl (C=O) groups excluding carboxylic acids is 1. The van der Waals surface area contributed by atoms with Crippen molar-refractivity contribution in [3.63, 3.8) is 0 Å². The van der Waals surface area contributed by atoms with Gasteiger partial charge < -0.3 is 10.6 Å². The summed E-state index contributed by atoms with van der Waals surface area (Å²) >= 11 is 0. The lowest BCUT2D eigenvalue weighted by Gasteiger charge is -2.16. The summed E-state index contributed by atoms with van der Waals surface area (Å²) in [5.41, 5.74) is 0.546. The van der Waals surface area contributed by atoms with Crippen LogP contribution < -0.4 is 10.6 Å². The van der Waals surface area contributed by atoms with Crippen LogP contribution in [0.3, 0.4) is 0 Å². The number of nitrogens with one attached hydrogen (secondary N) is 2. The number of hydrogen-bond donors (Lipinski definition) is 2. The lowest BCUT2D eigenvalue weighted by molar-refractivity contribution is 0.0928. The zero-order chi connectivity index (χ0) is 17.6. The Morgan fingerprint density at radius 3 is 2.52 bits per heavy atom. The normalized spacial score (nSPS) is 15.4. The average molecular weight is 346 g/mol. The number of benzene rings is 1. The monoisotopic (exact) mass is 346 g/mol. The van der Waals surface area contributed by atoms with E-state index in [4.69, 9.17) is 0 Å². The van der Waals surface area contributed by atoms with Crippen molar-refractivity contribution in [3.05, 3.63) is 47.8 Å². The van der Waals surface area contributed by atoms with E-state index in [0.717, 1.165) is 37.8 Å². The fourth-order valence-corrected chi connectivity index (χ4v) is 2.93. The van der Waals surface area contributed by atoms with Gasteiger partial charge >= 0.3 is 0 Å². The van der Waals surface area contributed by atoms with E-state index in [1.165, 1.54) is 31.2 Å². The highest BCUT2D eigenvalue weighted by Gasteiger charge is 2.17. The Kier molecular flexibility index (Phi) is 5.53. The van der Waals surface area contributed by atoms with Crippen molar-refractivity contribution >= 4 is 17.5 Å². The van der Waals surface area contributed by atoms with Gasteiger partial charge in [0.15, 0.2) is 11.6 Å². The van der Waals surface area contributed by atoms with Gasteiger partial charge in [-0.25, -0.2) is 18.7 Å². The smallest absolute Gasteiger partial charge is 0.270 e. The Morgan fingerprint density at radius 2 is 1.80 bits per heavy atom. The first-order valence-corrected chi connectivity index (χ1v) is 8.48. The molecule has 0 radical (unpaired) electrons. The summed E-state index contributed by atoms with van der Waals surface area (Å²) < 4.78 is 26.2. The Labute approximate surface area is 144 Å². The highest BCUT2D eigenvalue weighted by Crippen LogP contribution is 2.18. The zero-order valence-electron chi connectivity index (χ0n) is 13.8. The molecule has 1 aromatic heterocycles. The molecular weight excluding hydrogens is 326 g/mol. The third-order valence-electron chi connectivity index (χ3n) is 4.25. The number of amides is 1. The zero-order valence-corrected chi connectivity index (χ0v) is 13.8. The lowest BCUT2D eigenvalue weighted by Crippen LogP contribution is -2.35. The van der Waals surface area contributed by atoms with E-state index >= 15 is 0 Å². The fraction of sp³-hybridized carbons (Fsp3) is 0.389. The number of rotatable bonds is 4. The summed E-state index contributed by atoms with van der Waals surface area (Å²) in [6.07, 6.45) is 8.09. The van der Waals surface area contributed by atoms with Crippen LogP contribution in [-0.4, -0.2) is 21.9 Å². The Hall–Kier alpha value is -2.57. The summed E-state index contributed by atoms with van der Waals surface area (Å²) in [4.78, 5) is 20.6. The first-order chi connectivity index (χ1) is 12.1. The van der Waals surface area contributed by atoms with Crippen LogP contribution >= 0.6 is 0 Å². The number of anilines is 2. The highest BCUT2D eigenvalue weighted by molar-refractivity contribution is 5.92. The van der Waals surface area contributed by atoms with E-state index in [-0.39, 0.29) is 23.6 Å². The predicted octanol–water partition coefficient (Wildman–Crippen LogP) is 3.95. The minimum absolute atomic E-state index is 0.152. The van der Waals surface area contributed by atoms with E-state index in [1.54, 1.807) is 0 Å². The number of nitrogens with zero attached hydrogens (tertiary/aromatic N) is 2. The van der Waals surface area contributed by atoms with Crippen molar-refractivity contribution in [3.8, 4) is 0 Å². The van der Waals surface area contributed by atoms with Crippen molar-refractivity contribution < 1.29 is 13.6 Å². The van der Waals surface area contributed by atoms with Crippen molar-refractivity contribution in [2.24, 2.45) is 0 Å². The fourth-order valence-electron chi connectivity index (χ4n) is 2.93. The highest BCUT2D eigenvalue weighted by atomic mass is 19.2. The summed E-state index contributed by atoms with van der Waals surface area (Å²) in [6, 6.07) is 5.10. The van der Waals surface area contributed by atoms with Crippen LogP contribution in [0.25, 0.3) is 0 Å². The predicted molar refractivity (Wildman–Crippen MR) is 90.6 cm³/mol. The molecule has 0 aliphatic heterocycles. The number of aromatic nitrogens is 2. The molecule has 7 heteroatoms. The van der Waals surface area contributed by atoms with Crippen LogP contribution in [0.15, 0.2) is 30.5 Å². The Morgan fingerprint density at radius 1 is 1.04 bits per heavy atom. The van der Waals surface area contributed by atoms with Gasteiger partial charge in [-0.3, -0.25) is 4.79 Å². The van der Waals surface area contributed by atoms with Gasteiger partial charge in [-0.05, 0) is 31.0 Å². The third kappa shape index (κ3) is 4.71. The van der Waals surface area contributed by atoms with Crippen LogP contribution in [0.5, 0.6) is 0 Å². The molecule has 2 aromatic rings. The third-order valence-corrected chi connectivity index (χ3v) is 4.25. The molecule has 5 nitrogen and oxygen atoms in total. The first-order valence-electron chi connectivity index (χ1n) is 8.48. The SMILES string of the molecule is O=C(NC1CCCCCC1)c1ccnc(Nc2ccc(F)c(F)c2)n1. The minimum atomic E-state index is -0.965. The molecular formula is C18H20F2N4O. The van der Waals surface area contributed by atoms with Gasteiger partial charge in [0.25, 0.3) is 5.91 Å². The van der Waals surface area contributed by atoms with E-state index in [2.05, 4.69) is 20.6 Å². The molecule has 3 rings (SSSR count). The van der Waals surface area contributed by atoms with Crippen LogP contribution in [-0.2, 0) is 0 Å². The van der Waals surface area contributed by atoms with Gasteiger partial charge in [0.2, 0.25) is 5.95 Å². The summed E-state index contributed by atoms with van der Waals surface area (Å²) in [5, 5.41) is 5.79. The maximum atomic E-state index is 13.3. The quantitative estimate of drug-likeness (QED) is 0.823. The first kappa shape index (κ1) is 17.3. The van der Waals surface area contributed by atoms with Crippen molar-refractivity contribution in [1.82, 2.24) is 15.3 Å². The minimum Gasteiger partial charge on any atom is -0.348 e. The van der Waals surface area contributed by atoms with E-state index in [9.17, 15) is 13.6 Å². The average Bonchev–Trinajstić information content (AvgIpc) is 2.87. The number of carbonyl (C=O) groups is 1. The second-order valence-electron chi connectivity index (χ2n) is 6.18.